The predicted octanol–water partition coefficient (Wildman–Crippen LogP) is 4.02. The fraction of sp³-hybridized carbons (Fsp3) is 0.250. The Balaban J connectivity index is 1.88. The molecule has 0 aliphatic carbocycles. The van der Waals surface area contributed by atoms with Crippen molar-refractivity contribution in [2.45, 2.75) is 19.9 Å². The van der Waals surface area contributed by atoms with Crippen LogP contribution in [0.15, 0.2) is 52.3 Å². The molecule has 2 aromatic heterocycles. The zero-order chi connectivity index (χ0) is 25.3. The lowest BCUT2D eigenvalue weighted by Gasteiger charge is -2.25. The monoisotopic (exact) mass is 498 g/mol. The third-order valence-electron chi connectivity index (χ3n) is 5.37. The molecule has 3 aromatic rings. The van der Waals surface area contributed by atoms with Crippen molar-refractivity contribution in [3.8, 4) is 11.5 Å². The van der Waals surface area contributed by atoms with Gasteiger partial charge in [0.05, 0.1) is 44.4 Å². The molecule has 1 aliphatic heterocycles. The summed E-state index contributed by atoms with van der Waals surface area (Å²) >= 11 is 0.929. The highest BCUT2D eigenvalue weighted by molar-refractivity contribution is 7.17. The lowest BCUT2D eigenvalue weighted by molar-refractivity contribution is -0.117. The number of ketones is 1. The van der Waals surface area contributed by atoms with Crippen LogP contribution in [0.2, 0.25) is 0 Å². The van der Waals surface area contributed by atoms with Gasteiger partial charge in [0.25, 0.3) is 5.91 Å². The summed E-state index contributed by atoms with van der Waals surface area (Å²) in [6.07, 6.45) is 1.32. The SMILES string of the molecule is CCOC(=O)c1sc(N2C(=O)C(O)=C(C(=O)c3ccco3)[C@@H]2c2ccc(OC)c(OC)c2)nc1C. The number of aliphatic hydroxyl groups is 1. The molecule has 11 heteroatoms. The van der Waals surface area contributed by atoms with Crippen LogP contribution in [0.25, 0.3) is 0 Å². The summed E-state index contributed by atoms with van der Waals surface area (Å²) in [6.45, 7) is 3.47. The molecule has 4 rings (SSSR count). The molecule has 1 aromatic carbocycles. The van der Waals surface area contributed by atoms with Gasteiger partial charge in [0, 0.05) is 0 Å². The highest BCUT2D eigenvalue weighted by Crippen LogP contribution is 2.45. The molecule has 0 saturated heterocycles. The zero-order valence-corrected chi connectivity index (χ0v) is 20.2. The van der Waals surface area contributed by atoms with Gasteiger partial charge in [-0.15, -0.1) is 0 Å². The van der Waals surface area contributed by atoms with Gasteiger partial charge in [0.1, 0.15) is 4.88 Å². The number of anilines is 1. The molecular weight excluding hydrogens is 476 g/mol. The highest BCUT2D eigenvalue weighted by Gasteiger charge is 2.47. The highest BCUT2D eigenvalue weighted by atomic mass is 32.1. The Hall–Kier alpha value is -4.12. The summed E-state index contributed by atoms with van der Waals surface area (Å²) < 4.78 is 21.0. The Morgan fingerprint density at radius 1 is 1.20 bits per heavy atom. The van der Waals surface area contributed by atoms with E-state index in [1.165, 1.54) is 37.5 Å². The number of benzene rings is 1. The first-order chi connectivity index (χ1) is 16.8. The largest absolute Gasteiger partial charge is 0.503 e. The van der Waals surface area contributed by atoms with Gasteiger partial charge in [0.2, 0.25) is 5.78 Å². The number of rotatable bonds is 8. The molecular formula is C24H22N2O8S. The number of aromatic nitrogens is 1. The van der Waals surface area contributed by atoms with E-state index >= 15 is 0 Å². The molecule has 0 radical (unpaired) electrons. The molecule has 35 heavy (non-hydrogen) atoms. The van der Waals surface area contributed by atoms with E-state index in [9.17, 15) is 19.5 Å². The number of esters is 1. The number of Topliss-reactive ketones (excluding diaryl/α,β-unsaturated/α-hetero) is 1. The van der Waals surface area contributed by atoms with E-state index in [1.54, 1.807) is 32.0 Å². The van der Waals surface area contributed by atoms with Crippen LogP contribution in [0.3, 0.4) is 0 Å². The van der Waals surface area contributed by atoms with Crippen molar-refractivity contribution >= 4 is 34.1 Å². The second-order valence-corrected chi connectivity index (χ2v) is 8.37. The molecule has 1 amide bonds. The van der Waals surface area contributed by atoms with Crippen LogP contribution in [0, 0.1) is 6.92 Å². The van der Waals surface area contributed by atoms with Gasteiger partial charge < -0.3 is 23.7 Å². The third-order valence-corrected chi connectivity index (χ3v) is 6.51. The molecule has 0 bridgehead atoms. The Kier molecular flexibility index (Phi) is 6.61. The summed E-state index contributed by atoms with van der Waals surface area (Å²) in [4.78, 5) is 44.8. The van der Waals surface area contributed by atoms with Crippen molar-refractivity contribution in [3.63, 3.8) is 0 Å². The lowest BCUT2D eigenvalue weighted by Crippen LogP contribution is -2.31. The van der Waals surface area contributed by atoms with E-state index in [0.717, 1.165) is 11.3 Å². The number of methoxy groups -OCH3 is 2. The zero-order valence-electron chi connectivity index (χ0n) is 19.4. The van der Waals surface area contributed by atoms with Crippen LogP contribution < -0.4 is 14.4 Å². The first kappa shape index (κ1) is 24.0. The van der Waals surface area contributed by atoms with E-state index in [1.807, 2.05) is 0 Å². The lowest BCUT2D eigenvalue weighted by atomic mass is 9.95. The minimum atomic E-state index is -1.08. The number of hydrogen-bond donors (Lipinski definition) is 1. The number of hydrogen-bond acceptors (Lipinski definition) is 10. The van der Waals surface area contributed by atoms with Crippen LogP contribution in [-0.2, 0) is 9.53 Å². The van der Waals surface area contributed by atoms with Gasteiger partial charge in [-0.1, -0.05) is 17.4 Å². The molecule has 1 atom stereocenters. The number of carbonyl (C=O) groups excluding carboxylic acids is 3. The van der Waals surface area contributed by atoms with Gasteiger partial charge in [-0.05, 0) is 43.7 Å². The Bertz CT molecular complexity index is 1330. The maximum absolute atomic E-state index is 13.3. The second kappa shape index (κ2) is 9.63. The summed E-state index contributed by atoms with van der Waals surface area (Å²) in [6, 6.07) is 6.75. The normalized spacial score (nSPS) is 15.5. The van der Waals surface area contributed by atoms with Gasteiger partial charge in [0.15, 0.2) is 28.1 Å². The number of furan rings is 1. The van der Waals surface area contributed by atoms with Crippen LogP contribution >= 0.6 is 11.3 Å². The second-order valence-electron chi connectivity index (χ2n) is 7.39. The minimum Gasteiger partial charge on any atom is -0.503 e. The maximum atomic E-state index is 13.3. The van der Waals surface area contributed by atoms with Crippen molar-refractivity contribution in [1.82, 2.24) is 4.98 Å². The van der Waals surface area contributed by atoms with Crippen molar-refractivity contribution in [2.24, 2.45) is 0 Å². The fourth-order valence-corrected chi connectivity index (χ4v) is 4.77. The summed E-state index contributed by atoms with van der Waals surface area (Å²) in [7, 11) is 2.94. The Morgan fingerprint density at radius 3 is 2.57 bits per heavy atom. The van der Waals surface area contributed by atoms with Crippen LogP contribution in [0.5, 0.6) is 11.5 Å². The fourth-order valence-electron chi connectivity index (χ4n) is 3.78. The number of ether oxygens (including phenoxy) is 3. The van der Waals surface area contributed by atoms with Crippen molar-refractivity contribution in [1.29, 1.82) is 0 Å². The van der Waals surface area contributed by atoms with Crippen LogP contribution in [0.1, 0.15) is 44.4 Å². The topological polar surface area (TPSA) is 128 Å². The summed E-state index contributed by atoms with van der Waals surface area (Å²) in [5.74, 6) is -2.08. The summed E-state index contributed by atoms with van der Waals surface area (Å²) in [5, 5.41) is 11.0. The van der Waals surface area contributed by atoms with E-state index < -0.39 is 29.5 Å². The standard InChI is InChI=1S/C24H22N2O8S/c1-5-33-23(30)21-12(2)25-24(35-21)26-18(13-8-9-14(31-3)16(11-13)32-4)17(20(28)22(26)29)19(27)15-7-6-10-34-15/h6-11,18,28H,5H2,1-4H3/t18-/m0/s1. The number of nitrogens with zero attached hydrogens (tertiary/aromatic N) is 2. The molecule has 0 saturated carbocycles. The number of carbonyl (C=O) groups is 3. The number of amides is 1. The van der Waals surface area contributed by atoms with Crippen LogP contribution in [-0.4, -0.2) is 48.6 Å². The van der Waals surface area contributed by atoms with E-state index in [4.69, 9.17) is 18.6 Å². The van der Waals surface area contributed by atoms with E-state index in [-0.39, 0.29) is 27.9 Å². The van der Waals surface area contributed by atoms with Crippen molar-refractivity contribution in [3.05, 3.63) is 69.8 Å². The number of aliphatic hydroxyl groups excluding tert-OH is 1. The number of thiazole rings is 1. The quantitative estimate of drug-likeness (QED) is 0.362. The molecule has 1 aliphatic rings. The molecule has 0 spiro atoms. The minimum absolute atomic E-state index is 0.0470. The number of aryl methyl sites for hydroxylation is 1. The third kappa shape index (κ3) is 4.14. The smallest absolute Gasteiger partial charge is 0.350 e. The molecule has 182 valence electrons. The predicted molar refractivity (Wildman–Crippen MR) is 125 cm³/mol. The van der Waals surface area contributed by atoms with E-state index in [0.29, 0.717) is 22.8 Å². The van der Waals surface area contributed by atoms with Crippen molar-refractivity contribution in [2.75, 3.05) is 25.7 Å². The first-order valence-corrected chi connectivity index (χ1v) is 11.3. The van der Waals surface area contributed by atoms with E-state index in [2.05, 4.69) is 4.98 Å². The first-order valence-electron chi connectivity index (χ1n) is 10.5. The maximum Gasteiger partial charge on any atom is 0.350 e. The van der Waals surface area contributed by atoms with Crippen LogP contribution in [0.4, 0.5) is 5.13 Å². The van der Waals surface area contributed by atoms with Gasteiger partial charge in [-0.2, -0.15) is 0 Å². The average molecular weight is 499 g/mol. The van der Waals surface area contributed by atoms with Crippen molar-refractivity contribution < 1.29 is 38.1 Å². The average Bonchev–Trinajstić information content (AvgIpc) is 3.58. The Labute approximate surface area is 204 Å². The molecule has 0 unspecified atom stereocenters. The molecule has 1 N–H and O–H groups in total. The van der Waals surface area contributed by atoms with Gasteiger partial charge in [-0.3, -0.25) is 14.5 Å². The van der Waals surface area contributed by atoms with Gasteiger partial charge >= 0.3 is 5.97 Å². The Morgan fingerprint density at radius 2 is 1.94 bits per heavy atom. The van der Waals surface area contributed by atoms with Gasteiger partial charge in [-0.25, -0.2) is 9.78 Å². The summed E-state index contributed by atoms with van der Waals surface area (Å²) in [5.41, 5.74) is 0.607. The molecule has 0 fully saturated rings. The molecule has 3 heterocycles. The molecule has 10 nitrogen and oxygen atoms in total.